The van der Waals surface area contributed by atoms with Crippen LogP contribution in [0, 0.1) is 0 Å². The molecule has 0 unspecified atom stereocenters. The normalized spacial score (nSPS) is 11.1. The number of nitrogens with one attached hydrogen (secondary N) is 2. The Balaban J connectivity index is 1.75. The molecule has 1 amide bonds. The van der Waals surface area contributed by atoms with E-state index in [0.29, 0.717) is 5.95 Å². The summed E-state index contributed by atoms with van der Waals surface area (Å²) in [4.78, 5) is 16.4. The van der Waals surface area contributed by atoms with Crippen molar-refractivity contribution < 1.29 is 9.53 Å². The molecule has 3 aromatic rings. The minimum Gasteiger partial charge on any atom is -0.496 e. The number of methoxy groups -OCH3 is 1. The summed E-state index contributed by atoms with van der Waals surface area (Å²) in [7, 11) is 1.63. The van der Waals surface area contributed by atoms with E-state index < -0.39 is 0 Å². The van der Waals surface area contributed by atoms with Gasteiger partial charge in [-0.3, -0.25) is 15.2 Å². The lowest BCUT2D eigenvalue weighted by molar-refractivity contribution is -0.116. The van der Waals surface area contributed by atoms with Gasteiger partial charge in [0.25, 0.3) is 0 Å². The zero-order valence-electron chi connectivity index (χ0n) is 13.3. The molecule has 23 heavy (non-hydrogen) atoms. The zero-order chi connectivity index (χ0) is 16.4. The summed E-state index contributed by atoms with van der Waals surface area (Å²) < 4.78 is 7.19. The van der Waals surface area contributed by atoms with Crippen molar-refractivity contribution in [1.82, 2.24) is 19.7 Å². The SMILES string of the molecule is COc1cccc2c1ccn2CC(=O)Nc1n[nH]c(C(C)C)n1. The molecule has 2 aromatic heterocycles. The average molecular weight is 313 g/mol. The molecule has 0 saturated carbocycles. The van der Waals surface area contributed by atoms with Crippen molar-refractivity contribution in [2.75, 3.05) is 12.4 Å². The molecule has 0 radical (unpaired) electrons. The fraction of sp³-hybridized carbons (Fsp3) is 0.312. The molecule has 120 valence electrons. The summed E-state index contributed by atoms with van der Waals surface area (Å²) >= 11 is 0. The predicted molar refractivity (Wildman–Crippen MR) is 87.6 cm³/mol. The number of fused-ring (bicyclic) bond motifs is 1. The quantitative estimate of drug-likeness (QED) is 0.758. The number of rotatable bonds is 5. The van der Waals surface area contributed by atoms with Gasteiger partial charge in [-0.25, -0.2) is 0 Å². The van der Waals surface area contributed by atoms with Gasteiger partial charge in [-0.2, -0.15) is 4.98 Å². The predicted octanol–water partition coefficient (Wildman–Crippen LogP) is 2.53. The molecule has 2 N–H and O–H groups in total. The number of carbonyl (C=O) groups excluding carboxylic acids is 1. The van der Waals surface area contributed by atoms with E-state index in [2.05, 4.69) is 20.5 Å². The Kier molecular flexibility index (Phi) is 4.01. The molecular formula is C16H19N5O2. The Morgan fingerprint density at radius 2 is 2.22 bits per heavy atom. The van der Waals surface area contributed by atoms with Crippen LogP contribution in [0.15, 0.2) is 30.5 Å². The van der Waals surface area contributed by atoms with Gasteiger partial charge < -0.3 is 9.30 Å². The molecule has 0 saturated heterocycles. The van der Waals surface area contributed by atoms with Crippen LogP contribution >= 0.6 is 0 Å². The molecule has 2 heterocycles. The molecule has 7 heteroatoms. The van der Waals surface area contributed by atoms with Crippen LogP contribution < -0.4 is 10.1 Å². The van der Waals surface area contributed by atoms with Crippen LogP contribution in [0.1, 0.15) is 25.6 Å². The molecule has 1 aromatic carbocycles. The minimum atomic E-state index is -0.181. The van der Waals surface area contributed by atoms with Crippen LogP contribution in [0.2, 0.25) is 0 Å². The van der Waals surface area contributed by atoms with Gasteiger partial charge in [-0.05, 0) is 18.2 Å². The van der Waals surface area contributed by atoms with Crippen molar-refractivity contribution in [3.63, 3.8) is 0 Å². The summed E-state index contributed by atoms with van der Waals surface area (Å²) in [6.07, 6.45) is 1.87. The van der Waals surface area contributed by atoms with Crippen LogP contribution in [-0.4, -0.2) is 32.8 Å². The summed E-state index contributed by atoms with van der Waals surface area (Å²) in [6, 6.07) is 7.69. The van der Waals surface area contributed by atoms with Gasteiger partial charge >= 0.3 is 0 Å². The van der Waals surface area contributed by atoms with Gasteiger partial charge in [0.05, 0.1) is 12.6 Å². The van der Waals surface area contributed by atoms with Gasteiger partial charge in [0.2, 0.25) is 11.9 Å². The third kappa shape index (κ3) is 3.03. The second-order valence-corrected chi connectivity index (χ2v) is 5.58. The lowest BCUT2D eigenvalue weighted by Crippen LogP contribution is -2.19. The number of ether oxygens (including phenoxy) is 1. The Morgan fingerprint density at radius 3 is 2.91 bits per heavy atom. The van der Waals surface area contributed by atoms with E-state index in [4.69, 9.17) is 4.74 Å². The number of hydrogen-bond acceptors (Lipinski definition) is 4. The van der Waals surface area contributed by atoms with E-state index in [1.54, 1.807) is 7.11 Å². The zero-order valence-corrected chi connectivity index (χ0v) is 13.3. The maximum atomic E-state index is 12.2. The van der Waals surface area contributed by atoms with Gasteiger partial charge in [0.1, 0.15) is 18.1 Å². The molecule has 0 atom stereocenters. The standard InChI is InChI=1S/C16H19N5O2/c1-10(2)15-18-16(20-19-15)17-14(22)9-21-8-7-11-12(21)5-4-6-13(11)23-3/h4-8,10H,9H2,1-3H3,(H2,17,18,19,20,22). The maximum absolute atomic E-state index is 12.2. The van der Waals surface area contributed by atoms with Gasteiger partial charge in [-0.15, -0.1) is 5.10 Å². The van der Waals surface area contributed by atoms with Crippen LogP contribution in [0.3, 0.4) is 0 Å². The third-order valence-corrected chi connectivity index (χ3v) is 3.61. The number of aromatic amines is 1. The van der Waals surface area contributed by atoms with Crippen molar-refractivity contribution in [2.45, 2.75) is 26.3 Å². The third-order valence-electron chi connectivity index (χ3n) is 3.61. The summed E-state index contributed by atoms with van der Waals surface area (Å²) in [5.41, 5.74) is 0.942. The molecule has 0 bridgehead atoms. The first kappa shape index (κ1) is 15.1. The number of anilines is 1. The highest BCUT2D eigenvalue weighted by Gasteiger charge is 2.12. The van der Waals surface area contributed by atoms with E-state index in [9.17, 15) is 4.79 Å². The highest BCUT2D eigenvalue weighted by Crippen LogP contribution is 2.26. The number of nitrogens with zero attached hydrogens (tertiary/aromatic N) is 3. The average Bonchev–Trinajstić information content (AvgIpc) is 3.14. The molecule has 7 nitrogen and oxygen atoms in total. The first-order chi connectivity index (χ1) is 11.1. The Hall–Kier alpha value is -2.83. The lowest BCUT2D eigenvalue weighted by atomic mass is 10.2. The van der Waals surface area contributed by atoms with E-state index >= 15 is 0 Å². The van der Waals surface area contributed by atoms with E-state index in [-0.39, 0.29) is 18.4 Å². The fourth-order valence-electron chi connectivity index (χ4n) is 2.42. The molecule has 0 aliphatic rings. The molecule has 0 aliphatic carbocycles. The molecule has 0 fully saturated rings. The lowest BCUT2D eigenvalue weighted by Gasteiger charge is -2.06. The number of benzene rings is 1. The van der Waals surface area contributed by atoms with E-state index in [1.807, 2.05) is 48.9 Å². The van der Waals surface area contributed by atoms with Crippen LogP contribution in [-0.2, 0) is 11.3 Å². The second kappa shape index (κ2) is 6.12. The Morgan fingerprint density at radius 1 is 1.39 bits per heavy atom. The number of amides is 1. The number of aromatic nitrogens is 4. The molecule has 0 aliphatic heterocycles. The van der Waals surface area contributed by atoms with Crippen molar-refractivity contribution in [3.05, 3.63) is 36.3 Å². The second-order valence-electron chi connectivity index (χ2n) is 5.58. The van der Waals surface area contributed by atoms with Crippen LogP contribution in [0.4, 0.5) is 5.95 Å². The number of hydrogen-bond donors (Lipinski definition) is 2. The highest BCUT2D eigenvalue weighted by atomic mass is 16.5. The maximum Gasteiger partial charge on any atom is 0.248 e. The van der Waals surface area contributed by atoms with Crippen molar-refractivity contribution in [3.8, 4) is 5.75 Å². The molecular weight excluding hydrogens is 294 g/mol. The smallest absolute Gasteiger partial charge is 0.248 e. The first-order valence-corrected chi connectivity index (χ1v) is 7.42. The largest absolute Gasteiger partial charge is 0.496 e. The Labute approximate surface area is 133 Å². The number of carbonyl (C=O) groups is 1. The topological polar surface area (TPSA) is 84.8 Å². The van der Waals surface area contributed by atoms with Gasteiger partial charge in [0.15, 0.2) is 0 Å². The van der Waals surface area contributed by atoms with E-state index in [1.165, 1.54) is 0 Å². The Bertz CT molecular complexity index is 834. The van der Waals surface area contributed by atoms with Crippen molar-refractivity contribution >= 4 is 22.8 Å². The van der Waals surface area contributed by atoms with Crippen molar-refractivity contribution in [1.29, 1.82) is 0 Å². The molecule has 3 rings (SSSR count). The summed E-state index contributed by atoms with van der Waals surface area (Å²) in [6.45, 7) is 4.19. The van der Waals surface area contributed by atoms with Crippen LogP contribution in [0.5, 0.6) is 5.75 Å². The fourth-order valence-corrected chi connectivity index (χ4v) is 2.42. The number of H-pyrrole nitrogens is 1. The van der Waals surface area contributed by atoms with Gasteiger partial charge in [0, 0.05) is 17.5 Å². The van der Waals surface area contributed by atoms with Gasteiger partial charge in [-0.1, -0.05) is 19.9 Å². The highest BCUT2D eigenvalue weighted by molar-refractivity contribution is 5.91. The minimum absolute atomic E-state index is 0.181. The monoisotopic (exact) mass is 313 g/mol. The summed E-state index contributed by atoms with van der Waals surface area (Å²) in [5.74, 6) is 1.88. The van der Waals surface area contributed by atoms with Crippen LogP contribution in [0.25, 0.3) is 10.9 Å². The van der Waals surface area contributed by atoms with E-state index in [0.717, 1.165) is 22.5 Å². The summed E-state index contributed by atoms with van der Waals surface area (Å²) in [5, 5.41) is 10.5. The van der Waals surface area contributed by atoms with Crippen molar-refractivity contribution in [2.24, 2.45) is 0 Å². The first-order valence-electron chi connectivity index (χ1n) is 7.42. The molecule has 0 spiro atoms.